The topological polar surface area (TPSA) is 58.2 Å². The average Bonchev–Trinajstić information content (AvgIpc) is 3.38. The highest BCUT2D eigenvalue weighted by Gasteiger charge is 2.46. The summed E-state index contributed by atoms with van der Waals surface area (Å²) in [6.07, 6.45) is 5.45. The third-order valence-corrected chi connectivity index (χ3v) is 6.53. The first kappa shape index (κ1) is 20.0. The Morgan fingerprint density at radius 1 is 1.14 bits per heavy atom. The fraction of sp³-hybridized carbons (Fsp3) is 0.583. The van der Waals surface area contributed by atoms with E-state index in [1.54, 1.807) is 0 Å². The maximum Gasteiger partial charge on any atom is 0.236 e. The average molecular weight is 396 g/mol. The number of fused-ring (bicyclic) bond motifs is 2. The lowest BCUT2D eigenvalue weighted by Gasteiger charge is -2.32. The summed E-state index contributed by atoms with van der Waals surface area (Å²) in [6.45, 7) is 10.7. The van der Waals surface area contributed by atoms with Crippen LogP contribution >= 0.6 is 0 Å². The molecule has 4 rings (SSSR count). The van der Waals surface area contributed by atoms with Gasteiger partial charge in [-0.25, -0.2) is 0 Å². The van der Waals surface area contributed by atoms with Crippen molar-refractivity contribution >= 4 is 5.91 Å². The number of rotatable bonds is 6. The van der Waals surface area contributed by atoms with Crippen molar-refractivity contribution in [1.82, 2.24) is 15.1 Å². The van der Waals surface area contributed by atoms with Gasteiger partial charge in [0.15, 0.2) is 0 Å². The second kappa shape index (κ2) is 7.51. The molecule has 2 bridgehead atoms. The van der Waals surface area contributed by atoms with E-state index in [0.717, 1.165) is 48.9 Å². The van der Waals surface area contributed by atoms with Crippen molar-refractivity contribution in [2.24, 2.45) is 5.41 Å². The van der Waals surface area contributed by atoms with E-state index in [-0.39, 0.29) is 5.91 Å². The van der Waals surface area contributed by atoms with E-state index in [2.05, 4.69) is 54.1 Å². The number of ether oxygens (including phenoxy) is 1. The summed E-state index contributed by atoms with van der Waals surface area (Å²) in [5.74, 6) is 0.845. The molecule has 5 nitrogen and oxygen atoms in total. The van der Waals surface area contributed by atoms with Gasteiger partial charge in [0, 0.05) is 23.2 Å². The van der Waals surface area contributed by atoms with E-state index in [1.165, 1.54) is 11.1 Å². The third-order valence-electron chi connectivity index (χ3n) is 6.53. The lowest BCUT2D eigenvalue weighted by Crippen LogP contribution is -2.46. The summed E-state index contributed by atoms with van der Waals surface area (Å²) in [6, 6.07) is 7.39. The molecule has 29 heavy (non-hydrogen) atoms. The van der Waals surface area contributed by atoms with E-state index in [1.807, 2.05) is 13.8 Å². The SMILES string of the molecule is CCc1c(OCC(C)(C)C(=O)N2C3CCC2CC3)n[nH]c1-c1cc(C)cc(C)c1. The number of aromatic nitrogens is 2. The van der Waals surface area contributed by atoms with Crippen molar-refractivity contribution in [2.75, 3.05) is 6.61 Å². The summed E-state index contributed by atoms with van der Waals surface area (Å²) in [5, 5.41) is 7.62. The van der Waals surface area contributed by atoms with Gasteiger partial charge in [-0.3, -0.25) is 9.89 Å². The molecule has 0 unspecified atom stereocenters. The maximum absolute atomic E-state index is 13.2. The number of carbonyl (C=O) groups excluding carboxylic acids is 1. The fourth-order valence-corrected chi connectivity index (χ4v) is 5.06. The van der Waals surface area contributed by atoms with Gasteiger partial charge < -0.3 is 9.64 Å². The molecule has 0 atom stereocenters. The highest BCUT2D eigenvalue weighted by Crippen LogP contribution is 2.40. The number of nitrogens with zero attached hydrogens (tertiary/aromatic N) is 2. The standard InChI is InChI=1S/C24H33N3O2/c1-6-20-21(17-12-15(2)11-16(3)13-17)25-26-22(20)29-14-24(4,5)23(28)27-18-7-8-19(27)10-9-18/h11-13,18-19H,6-10,14H2,1-5H3,(H,25,26). The molecule has 0 radical (unpaired) electrons. The molecular weight excluding hydrogens is 362 g/mol. The second-order valence-corrected chi connectivity index (χ2v) is 9.46. The highest BCUT2D eigenvalue weighted by atomic mass is 16.5. The Labute approximate surface area is 173 Å². The normalized spacial score (nSPS) is 21.1. The minimum absolute atomic E-state index is 0.227. The zero-order chi connectivity index (χ0) is 20.8. The highest BCUT2D eigenvalue weighted by molar-refractivity contribution is 5.83. The summed E-state index contributed by atoms with van der Waals surface area (Å²) < 4.78 is 6.14. The monoisotopic (exact) mass is 395 g/mol. The van der Waals surface area contributed by atoms with Crippen LogP contribution in [-0.4, -0.2) is 39.7 Å². The van der Waals surface area contributed by atoms with E-state index in [4.69, 9.17) is 4.74 Å². The van der Waals surface area contributed by atoms with Crippen LogP contribution in [0, 0.1) is 19.3 Å². The summed E-state index contributed by atoms with van der Waals surface area (Å²) >= 11 is 0. The number of benzene rings is 1. The van der Waals surface area contributed by atoms with Crippen molar-refractivity contribution in [3.05, 3.63) is 34.9 Å². The molecule has 1 aromatic carbocycles. The molecule has 0 aliphatic carbocycles. The smallest absolute Gasteiger partial charge is 0.236 e. The molecular formula is C24H33N3O2. The van der Waals surface area contributed by atoms with Crippen LogP contribution in [0.1, 0.15) is 63.1 Å². The molecule has 2 saturated heterocycles. The first-order valence-corrected chi connectivity index (χ1v) is 10.9. The lowest BCUT2D eigenvalue weighted by atomic mass is 9.92. The molecule has 0 spiro atoms. The number of nitrogens with one attached hydrogen (secondary N) is 1. The van der Waals surface area contributed by atoms with Gasteiger partial charge >= 0.3 is 0 Å². The van der Waals surface area contributed by atoms with E-state index >= 15 is 0 Å². The van der Waals surface area contributed by atoms with Crippen molar-refractivity contribution in [3.8, 4) is 17.1 Å². The van der Waals surface area contributed by atoms with Crippen LogP contribution < -0.4 is 4.74 Å². The van der Waals surface area contributed by atoms with Gasteiger partial charge in [-0.1, -0.05) is 24.1 Å². The molecule has 1 amide bonds. The third kappa shape index (κ3) is 3.67. The van der Waals surface area contributed by atoms with E-state index < -0.39 is 5.41 Å². The Morgan fingerprint density at radius 3 is 2.28 bits per heavy atom. The maximum atomic E-state index is 13.2. The van der Waals surface area contributed by atoms with E-state index in [9.17, 15) is 4.79 Å². The first-order chi connectivity index (χ1) is 13.8. The molecule has 2 aromatic rings. The molecule has 2 aliphatic rings. The Kier molecular flexibility index (Phi) is 5.18. The number of carbonyl (C=O) groups is 1. The number of aryl methyl sites for hydroxylation is 2. The zero-order valence-corrected chi connectivity index (χ0v) is 18.3. The summed E-state index contributed by atoms with van der Waals surface area (Å²) in [4.78, 5) is 15.4. The van der Waals surface area contributed by atoms with Gasteiger partial charge in [-0.15, -0.1) is 5.10 Å². The zero-order valence-electron chi connectivity index (χ0n) is 18.3. The van der Waals surface area contributed by atoms with Crippen LogP contribution in [0.2, 0.25) is 0 Å². The van der Waals surface area contributed by atoms with Gasteiger partial charge in [0.25, 0.3) is 0 Å². The van der Waals surface area contributed by atoms with Crippen molar-refractivity contribution in [1.29, 1.82) is 0 Å². The molecule has 0 saturated carbocycles. The van der Waals surface area contributed by atoms with Gasteiger partial charge in [0.1, 0.15) is 6.61 Å². The Balaban J connectivity index is 1.51. The number of H-pyrrole nitrogens is 1. The number of hydrogen-bond acceptors (Lipinski definition) is 3. The van der Waals surface area contributed by atoms with Crippen molar-refractivity contribution in [3.63, 3.8) is 0 Å². The van der Waals surface area contributed by atoms with E-state index in [0.29, 0.717) is 24.6 Å². The largest absolute Gasteiger partial charge is 0.475 e. The predicted molar refractivity (Wildman–Crippen MR) is 115 cm³/mol. The van der Waals surface area contributed by atoms with Crippen LogP contribution in [0.5, 0.6) is 5.88 Å². The second-order valence-electron chi connectivity index (χ2n) is 9.46. The molecule has 2 aliphatic heterocycles. The molecule has 1 N–H and O–H groups in total. The Bertz CT molecular complexity index is 875. The van der Waals surface area contributed by atoms with Crippen LogP contribution in [0.4, 0.5) is 0 Å². The fourth-order valence-electron chi connectivity index (χ4n) is 5.06. The first-order valence-electron chi connectivity index (χ1n) is 10.9. The minimum Gasteiger partial charge on any atom is -0.475 e. The molecule has 156 valence electrons. The molecule has 2 fully saturated rings. The van der Waals surface area contributed by atoms with Crippen LogP contribution in [-0.2, 0) is 11.2 Å². The van der Waals surface area contributed by atoms with Crippen LogP contribution in [0.15, 0.2) is 18.2 Å². The Morgan fingerprint density at radius 2 is 1.72 bits per heavy atom. The molecule has 3 heterocycles. The van der Waals surface area contributed by atoms with Crippen LogP contribution in [0.3, 0.4) is 0 Å². The van der Waals surface area contributed by atoms with Gasteiger partial charge in [-0.05, 0) is 71.9 Å². The molecule has 5 heteroatoms. The number of amides is 1. The minimum atomic E-state index is -0.560. The summed E-state index contributed by atoms with van der Waals surface area (Å²) in [7, 11) is 0. The number of aromatic amines is 1. The molecule has 1 aromatic heterocycles. The lowest BCUT2D eigenvalue weighted by molar-refractivity contribution is -0.143. The van der Waals surface area contributed by atoms with Gasteiger partial charge in [0.2, 0.25) is 11.8 Å². The van der Waals surface area contributed by atoms with Crippen molar-refractivity contribution in [2.45, 2.75) is 78.8 Å². The van der Waals surface area contributed by atoms with Gasteiger partial charge in [0.05, 0.1) is 11.1 Å². The quantitative estimate of drug-likeness (QED) is 0.763. The number of hydrogen-bond donors (Lipinski definition) is 1. The Hall–Kier alpha value is -2.30. The van der Waals surface area contributed by atoms with Gasteiger partial charge in [-0.2, -0.15) is 0 Å². The van der Waals surface area contributed by atoms with Crippen LogP contribution in [0.25, 0.3) is 11.3 Å². The predicted octanol–water partition coefficient (Wildman–Crippen LogP) is 4.81. The summed E-state index contributed by atoms with van der Waals surface area (Å²) in [5.41, 5.74) is 5.10. The van der Waals surface area contributed by atoms with Crippen molar-refractivity contribution < 1.29 is 9.53 Å².